The number of nitrogens with one attached hydrogen (secondary N) is 1. The number of benzene rings is 1. The Morgan fingerprint density at radius 3 is 2.65 bits per heavy atom. The van der Waals surface area contributed by atoms with Gasteiger partial charge in [0.25, 0.3) is 0 Å². The summed E-state index contributed by atoms with van der Waals surface area (Å²) < 4.78 is 1.77. The molecule has 0 fully saturated rings. The molecular weight excluding hydrogens is 272 g/mol. The molecule has 6 heteroatoms. The van der Waals surface area contributed by atoms with E-state index in [0.717, 1.165) is 11.1 Å². The third-order valence-corrected chi connectivity index (χ3v) is 3.94. The van der Waals surface area contributed by atoms with Gasteiger partial charge in [0.15, 0.2) is 0 Å². The van der Waals surface area contributed by atoms with Gasteiger partial charge in [-0.05, 0) is 24.3 Å². The van der Waals surface area contributed by atoms with E-state index in [-0.39, 0.29) is 11.2 Å². The lowest BCUT2D eigenvalue weighted by Crippen LogP contribution is -2.30. The van der Waals surface area contributed by atoms with Gasteiger partial charge in [0.1, 0.15) is 12.7 Å². The van der Waals surface area contributed by atoms with Crippen molar-refractivity contribution in [3.05, 3.63) is 48.0 Å². The zero-order valence-corrected chi connectivity index (χ0v) is 12.4. The minimum Gasteiger partial charge on any atom is -0.351 e. The van der Waals surface area contributed by atoms with Gasteiger partial charge in [-0.3, -0.25) is 4.79 Å². The highest BCUT2D eigenvalue weighted by Crippen LogP contribution is 2.07. The van der Waals surface area contributed by atoms with E-state index in [0.29, 0.717) is 13.1 Å². The van der Waals surface area contributed by atoms with Crippen LogP contribution in [0.4, 0.5) is 0 Å². The van der Waals surface area contributed by atoms with Gasteiger partial charge in [-0.1, -0.05) is 24.3 Å². The second kappa shape index (κ2) is 7.09. The maximum atomic E-state index is 11.7. The molecule has 1 N–H and O–H groups in total. The van der Waals surface area contributed by atoms with Crippen LogP contribution >= 0.6 is 11.8 Å². The maximum Gasteiger partial charge on any atom is 0.233 e. The van der Waals surface area contributed by atoms with Gasteiger partial charge in [0.2, 0.25) is 5.91 Å². The Morgan fingerprint density at radius 1 is 1.35 bits per heavy atom. The van der Waals surface area contributed by atoms with Crippen molar-refractivity contribution in [1.29, 1.82) is 0 Å². The molecule has 106 valence electrons. The summed E-state index contributed by atoms with van der Waals surface area (Å²) in [4.78, 5) is 15.6. The molecule has 0 bridgehead atoms. The molecule has 20 heavy (non-hydrogen) atoms. The monoisotopic (exact) mass is 290 g/mol. The fourth-order valence-electron chi connectivity index (χ4n) is 1.70. The fraction of sp³-hybridized carbons (Fsp3) is 0.357. The van der Waals surface area contributed by atoms with Crippen LogP contribution in [0.1, 0.15) is 18.1 Å². The number of carbonyl (C=O) groups excluding carboxylic acids is 1. The van der Waals surface area contributed by atoms with E-state index < -0.39 is 0 Å². The van der Waals surface area contributed by atoms with E-state index in [9.17, 15) is 4.79 Å². The van der Waals surface area contributed by atoms with Crippen LogP contribution in [0.25, 0.3) is 0 Å². The van der Waals surface area contributed by atoms with Crippen molar-refractivity contribution in [2.45, 2.75) is 25.3 Å². The number of nitrogens with zero attached hydrogens (tertiary/aromatic N) is 3. The summed E-state index contributed by atoms with van der Waals surface area (Å²) in [5, 5.41) is 6.98. The summed E-state index contributed by atoms with van der Waals surface area (Å²) in [5.74, 6) is 0.0733. The molecule has 2 aromatic rings. The molecule has 1 amide bonds. The third kappa shape index (κ3) is 4.09. The molecule has 1 aromatic carbocycles. The maximum absolute atomic E-state index is 11.7. The third-order valence-electron chi connectivity index (χ3n) is 3.02. The molecule has 5 nitrogen and oxygen atoms in total. The standard InChI is InChI=1S/C14H18N4OS/c1-11(20-2)14(19)16-7-12-3-5-13(6-4-12)8-18-10-15-9-17-18/h3-6,9-11H,7-8H2,1-2H3,(H,16,19). The molecule has 2 rings (SSSR count). The smallest absolute Gasteiger partial charge is 0.233 e. The predicted octanol–water partition coefficient (Wildman–Crippen LogP) is 1.69. The van der Waals surface area contributed by atoms with Crippen molar-refractivity contribution in [3.63, 3.8) is 0 Å². The van der Waals surface area contributed by atoms with Crippen LogP contribution in [0.15, 0.2) is 36.9 Å². The average molecular weight is 290 g/mol. The van der Waals surface area contributed by atoms with Gasteiger partial charge in [0, 0.05) is 6.54 Å². The van der Waals surface area contributed by atoms with Crippen LogP contribution in [-0.2, 0) is 17.9 Å². The molecular formula is C14H18N4OS. The van der Waals surface area contributed by atoms with E-state index in [2.05, 4.69) is 15.4 Å². The summed E-state index contributed by atoms with van der Waals surface area (Å²) in [6, 6.07) is 8.13. The van der Waals surface area contributed by atoms with Crippen molar-refractivity contribution in [2.24, 2.45) is 0 Å². The van der Waals surface area contributed by atoms with Crippen molar-refractivity contribution in [3.8, 4) is 0 Å². The molecule has 0 radical (unpaired) electrons. The fourth-order valence-corrected chi connectivity index (χ4v) is 2.00. The molecule has 1 heterocycles. The van der Waals surface area contributed by atoms with Crippen LogP contribution in [0.2, 0.25) is 0 Å². The summed E-state index contributed by atoms with van der Waals surface area (Å²) in [7, 11) is 0. The topological polar surface area (TPSA) is 59.8 Å². The van der Waals surface area contributed by atoms with Gasteiger partial charge in [-0.2, -0.15) is 16.9 Å². The van der Waals surface area contributed by atoms with Crippen LogP contribution in [0, 0.1) is 0 Å². The zero-order chi connectivity index (χ0) is 14.4. The van der Waals surface area contributed by atoms with Crippen molar-refractivity contribution in [1.82, 2.24) is 20.1 Å². The number of amides is 1. The Kier molecular flexibility index (Phi) is 5.17. The lowest BCUT2D eigenvalue weighted by Gasteiger charge is -2.10. The Labute approximate surface area is 122 Å². The average Bonchev–Trinajstić information content (AvgIpc) is 2.98. The Bertz CT molecular complexity index is 539. The van der Waals surface area contributed by atoms with Gasteiger partial charge in [-0.25, -0.2) is 9.67 Å². The van der Waals surface area contributed by atoms with Gasteiger partial charge < -0.3 is 5.32 Å². The summed E-state index contributed by atoms with van der Waals surface area (Å²) >= 11 is 1.54. The van der Waals surface area contributed by atoms with E-state index in [1.54, 1.807) is 22.8 Å². The highest BCUT2D eigenvalue weighted by Gasteiger charge is 2.09. The van der Waals surface area contributed by atoms with Crippen molar-refractivity contribution < 1.29 is 4.79 Å². The minimum atomic E-state index is -0.0124. The van der Waals surface area contributed by atoms with E-state index >= 15 is 0 Å². The molecule has 1 unspecified atom stereocenters. The van der Waals surface area contributed by atoms with Gasteiger partial charge in [0.05, 0.1) is 11.8 Å². The van der Waals surface area contributed by atoms with Crippen LogP contribution in [0.3, 0.4) is 0 Å². The van der Waals surface area contributed by atoms with Gasteiger partial charge in [-0.15, -0.1) is 0 Å². The first-order valence-electron chi connectivity index (χ1n) is 6.40. The highest BCUT2D eigenvalue weighted by atomic mass is 32.2. The second-order valence-electron chi connectivity index (χ2n) is 4.51. The van der Waals surface area contributed by atoms with Crippen molar-refractivity contribution in [2.75, 3.05) is 6.26 Å². The molecule has 1 atom stereocenters. The SMILES string of the molecule is CSC(C)C(=O)NCc1ccc(Cn2cncn2)cc1. The number of aromatic nitrogens is 3. The van der Waals surface area contributed by atoms with E-state index in [4.69, 9.17) is 0 Å². The summed E-state index contributed by atoms with van der Waals surface area (Å²) in [6.45, 7) is 3.17. The van der Waals surface area contributed by atoms with E-state index in [1.807, 2.05) is 37.4 Å². The van der Waals surface area contributed by atoms with Crippen LogP contribution in [-0.4, -0.2) is 32.2 Å². The van der Waals surface area contributed by atoms with Crippen molar-refractivity contribution >= 4 is 17.7 Å². The molecule has 0 spiro atoms. The number of hydrogen-bond donors (Lipinski definition) is 1. The number of carbonyl (C=O) groups is 1. The number of hydrogen-bond acceptors (Lipinski definition) is 4. The minimum absolute atomic E-state index is 0.0124. The Balaban J connectivity index is 1.87. The zero-order valence-electron chi connectivity index (χ0n) is 11.6. The lowest BCUT2D eigenvalue weighted by atomic mass is 10.1. The Morgan fingerprint density at radius 2 is 2.05 bits per heavy atom. The molecule has 0 aliphatic rings. The quantitative estimate of drug-likeness (QED) is 0.879. The van der Waals surface area contributed by atoms with E-state index in [1.165, 1.54) is 6.33 Å². The number of rotatable bonds is 6. The largest absolute Gasteiger partial charge is 0.351 e. The summed E-state index contributed by atoms with van der Waals surface area (Å²) in [5.41, 5.74) is 2.25. The molecule has 0 aliphatic heterocycles. The first-order chi connectivity index (χ1) is 9.69. The number of thioether (sulfide) groups is 1. The van der Waals surface area contributed by atoms with Gasteiger partial charge >= 0.3 is 0 Å². The second-order valence-corrected chi connectivity index (χ2v) is 5.68. The lowest BCUT2D eigenvalue weighted by molar-refractivity contribution is -0.120. The predicted molar refractivity (Wildman–Crippen MR) is 80.4 cm³/mol. The van der Waals surface area contributed by atoms with Crippen LogP contribution < -0.4 is 5.32 Å². The first-order valence-corrected chi connectivity index (χ1v) is 7.68. The summed E-state index contributed by atoms with van der Waals surface area (Å²) in [6.07, 6.45) is 5.15. The highest BCUT2D eigenvalue weighted by molar-refractivity contribution is 7.99. The molecule has 1 aromatic heterocycles. The van der Waals surface area contributed by atoms with Crippen LogP contribution in [0.5, 0.6) is 0 Å². The molecule has 0 saturated heterocycles. The normalized spacial score (nSPS) is 12.1. The first kappa shape index (κ1) is 14.6. The molecule has 0 aliphatic carbocycles. The molecule has 0 saturated carbocycles. The Hall–Kier alpha value is -1.82.